The normalized spacial score (nSPS) is 11.7. The van der Waals surface area contributed by atoms with Crippen molar-refractivity contribution in [2.24, 2.45) is 0 Å². The lowest BCUT2D eigenvalue weighted by Crippen LogP contribution is -2.41. The highest BCUT2D eigenvalue weighted by Crippen LogP contribution is 2.47. The maximum atomic E-state index is 14.8. The zero-order valence-corrected chi connectivity index (χ0v) is 23.3. The van der Waals surface area contributed by atoms with Crippen LogP contribution in [-0.4, -0.2) is 22.6 Å². The Hall–Kier alpha value is -4.03. The highest BCUT2D eigenvalue weighted by molar-refractivity contribution is 7.97. The average molecular weight is 585 g/mol. The van der Waals surface area contributed by atoms with Crippen LogP contribution in [0, 0.1) is 29.1 Å². The molecule has 4 rings (SSSR count). The molecule has 4 aromatic rings. The third kappa shape index (κ3) is 5.75. The van der Waals surface area contributed by atoms with Gasteiger partial charge in [0, 0.05) is 12.0 Å². The van der Waals surface area contributed by atoms with Crippen molar-refractivity contribution < 1.29 is 36.3 Å². The summed E-state index contributed by atoms with van der Waals surface area (Å²) in [5, 5.41) is 1.19. The SMILES string of the molecule is CC(C)(C)OC(=O)C(C(=O)Cc1c(F)c(F)c(F)c(F)c1F)=P(c1ccccc1)(c1ccccc1)c1ccccc1. The maximum absolute atomic E-state index is 14.8. The number of carbonyl (C=O) groups is 2. The summed E-state index contributed by atoms with van der Waals surface area (Å²) < 4.78 is 77.2. The van der Waals surface area contributed by atoms with Crippen molar-refractivity contribution in [1.82, 2.24) is 0 Å². The molecular weight excluding hydrogens is 558 g/mol. The minimum Gasteiger partial charge on any atom is -0.456 e. The highest BCUT2D eigenvalue weighted by atomic mass is 31.2. The number of esters is 1. The molecule has 212 valence electrons. The minimum absolute atomic E-state index is 0.444. The molecule has 0 heterocycles. The van der Waals surface area contributed by atoms with E-state index in [1.165, 1.54) is 0 Å². The Kier molecular flexibility index (Phi) is 8.64. The summed E-state index contributed by atoms with van der Waals surface area (Å²) in [6, 6.07) is 25.9. The smallest absolute Gasteiger partial charge is 0.343 e. The summed E-state index contributed by atoms with van der Waals surface area (Å²) in [7, 11) is 0. The molecule has 0 fully saturated rings. The largest absolute Gasteiger partial charge is 0.456 e. The van der Waals surface area contributed by atoms with Gasteiger partial charge in [-0.15, -0.1) is 0 Å². The van der Waals surface area contributed by atoms with Gasteiger partial charge in [-0.05, 0) is 43.6 Å². The predicted molar refractivity (Wildman–Crippen MR) is 151 cm³/mol. The number of halogens is 5. The molecule has 0 spiro atoms. The fourth-order valence-electron chi connectivity index (χ4n) is 4.60. The third-order valence-electron chi connectivity index (χ3n) is 6.26. The Morgan fingerprint density at radius 2 is 0.951 bits per heavy atom. The van der Waals surface area contributed by atoms with E-state index in [2.05, 4.69) is 0 Å². The summed E-state index contributed by atoms with van der Waals surface area (Å²) in [5.74, 6) is -13.2. The number of hydrogen-bond acceptors (Lipinski definition) is 3. The Labute approximate surface area is 234 Å². The van der Waals surface area contributed by atoms with Crippen LogP contribution in [0.25, 0.3) is 0 Å². The summed E-state index contributed by atoms with van der Waals surface area (Å²) in [6.45, 7) is 1.29. The summed E-state index contributed by atoms with van der Waals surface area (Å²) in [5.41, 5.74) is -2.42. The van der Waals surface area contributed by atoms with Gasteiger partial charge in [-0.1, -0.05) is 91.0 Å². The number of benzene rings is 4. The molecule has 0 unspecified atom stereocenters. The zero-order valence-electron chi connectivity index (χ0n) is 22.4. The van der Waals surface area contributed by atoms with Crippen LogP contribution in [-0.2, 0) is 20.7 Å². The monoisotopic (exact) mass is 584 g/mol. The summed E-state index contributed by atoms with van der Waals surface area (Å²) in [6.07, 6.45) is -1.27. The molecule has 0 N–H and O–H groups in total. The molecule has 9 heteroatoms. The fourth-order valence-corrected chi connectivity index (χ4v) is 8.90. The second kappa shape index (κ2) is 11.8. The molecule has 0 saturated heterocycles. The summed E-state index contributed by atoms with van der Waals surface area (Å²) in [4.78, 5) is 28.3. The van der Waals surface area contributed by atoms with Crippen molar-refractivity contribution in [2.45, 2.75) is 32.8 Å². The third-order valence-corrected chi connectivity index (χ3v) is 10.6. The van der Waals surface area contributed by atoms with E-state index in [0.29, 0.717) is 15.9 Å². The molecule has 0 saturated carbocycles. The van der Waals surface area contributed by atoms with Gasteiger partial charge in [0.05, 0.1) is 0 Å². The average Bonchev–Trinajstić information content (AvgIpc) is 2.96. The van der Waals surface area contributed by atoms with E-state index in [1.54, 1.807) is 112 Å². The van der Waals surface area contributed by atoms with Crippen LogP contribution in [0.4, 0.5) is 22.0 Å². The Balaban J connectivity index is 2.19. The first kappa shape index (κ1) is 29.9. The Morgan fingerprint density at radius 3 is 1.29 bits per heavy atom. The van der Waals surface area contributed by atoms with Crippen LogP contribution in [0.2, 0.25) is 0 Å². The van der Waals surface area contributed by atoms with Crippen molar-refractivity contribution >= 4 is 39.8 Å². The van der Waals surface area contributed by atoms with Crippen LogP contribution in [0.5, 0.6) is 0 Å². The van der Waals surface area contributed by atoms with E-state index in [4.69, 9.17) is 4.74 Å². The quantitative estimate of drug-likeness (QED) is 0.0669. The van der Waals surface area contributed by atoms with Crippen LogP contribution >= 0.6 is 6.89 Å². The van der Waals surface area contributed by atoms with Gasteiger partial charge in [0.1, 0.15) is 10.9 Å². The van der Waals surface area contributed by atoms with Crippen molar-refractivity contribution in [1.29, 1.82) is 0 Å². The standard InChI is InChI=1S/C32H26F5O3P/c1-32(2,3)40-31(39)30(24(38)19-23-25(33)27(35)29(37)28(36)26(23)34)41(20-13-7-4-8-14-20,21-15-9-5-10-16-21)22-17-11-6-12-18-22/h4-18H,19H2,1-3H3. The second-order valence-corrected chi connectivity index (χ2v) is 13.5. The Morgan fingerprint density at radius 1 is 0.610 bits per heavy atom. The number of hydrogen-bond donors (Lipinski definition) is 0. The first-order valence-electron chi connectivity index (χ1n) is 12.6. The van der Waals surface area contributed by atoms with Gasteiger partial charge in [0.25, 0.3) is 0 Å². The first-order valence-corrected chi connectivity index (χ1v) is 14.4. The van der Waals surface area contributed by atoms with Crippen molar-refractivity contribution in [3.05, 3.63) is 126 Å². The zero-order chi connectivity index (χ0) is 29.9. The molecule has 0 aliphatic rings. The lowest BCUT2D eigenvalue weighted by Gasteiger charge is -2.32. The fraction of sp³-hybridized carbons (Fsp3) is 0.156. The van der Waals surface area contributed by atoms with E-state index in [-0.39, 0.29) is 0 Å². The number of ketones is 1. The molecule has 0 amide bonds. The van der Waals surface area contributed by atoms with Crippen LogP contribution in [0.15, 0.2) is 91.0 Å². The van der Waals surface area contributed by atoms with Gasteiger partial charge in [0.15, 0.2) is 29.1 Å². The topological polar surface area (TPSA) is 43.4 Å². The van der Waals surface area contributed by atoms with Crippen molar-refractivity contribution in [2.75, 3.05) is 0 Å². The molecule has 0 aliphatic carbocycles. The highest BCUT2D eigenvalue weighted by Gasteiger charge is 2.40. The van der Waals surface area contributed by atoms with E-state index < -0.39 is 70.6 Å². The lowest BCUT2D eigenvalue weighted by molar-refractivity contribution is -0.146. The van der Waals surface area contributed by atoms with Gasteiger partial charge in [0.2, 0.25) is 5.82 Å². The molecule has 0 atom stereocenters. The predicted octanol–water partition coefficient (Wildman–Crippen LogP) is 6.00. The summed E-state index contributed by atoms with van der Waals surface area (Å²) >= 11 is 0. The number of Topliss-reactive ketones (excluding diaryl/α,β-unsaturated/α-hetero) is 1. The van der Waals surface area contributed by atoms with Crippen molar-refractivity contribution in [3.8, 4) is 0 Å². The molecule has 0 bridgehead atoms. The van der Waals surface area contributed by atoms with Gasteiger partial charge < -0.3 is 4.74 Å². The maximum Gasteiger partial charge on any atom is 0.343 e. The van der Waals surface area contributed by atoms with Gasteiger partial charge >= 0.3 is 5.97 Å². The van der Waals surface area contributed by atoms with Crippen LogP contribution in [0.1, 0.15) is 26.3 Å². The molecule has 41 heavy (non-hydrogen) atoms. The molecule has 0 radical (unpaired) electrons. The number of carbonyl (C=O) groups excluding carboxylic acids is 2. The number of ether oxygens (including phenoxy) is 1. The van der Waals surface area contributed by atoms with Gasteiger partial charge in [-0.2, -0.15) is 0 Å². The number of rotatable bonds is 7. The lowest BCUT2D eigenvalue weighted by atomic mass is 10.0. The van der Waals surface area contributed by atoms with Crippen LogP contribution < -0.4 is 15.9 Å². The van der Waals surface area contributed by atoms with E-state index in [0.717, 1.165) is 0 Å². The van der Waals surface area contributed by atoms with Crippen LogP contribution in [0.3, 0.4) is 0 Å². The van der Waals surface area contributed by atoms with E-state index >= 15 is 0 Å². The Bertz CT molecular complexity index is 1520. The molecule has 0 aliphatic heterocycles. The van der Waals surface area contributed by atoms with Gasteiger partial charge in [-0.3, -0.25) is 4.79 Å². The molecular formula is C32H26F5O3P. The van der Waals surface area contributed by atoms with E-state index in [1.807, 2.05) is 0 Å². The van der Waals surface area contributed by atoms with Crippen molar-refractivity contribution in [3.63, 3.8) is 0 Å². The molecule has 3 nitrogen and oxygen atoms in total. The van der Waals surface area contributed by atoms with Gasteiger partial charge in [-0.25, -0.2) is 26.7 Å². The van der Waals surface area contributed by atoms with E-state index in [9.17, 15) is 31.5 Å². The first-order chi connectivity index (χ1) is 19.4. The second-order valence-electron chi connectivity index (χ2n) is 10.2. The molecule has 0 aromatic heterocycles. The molecule has 4 aromatic carbocycles. The minimum atomic E-state index is -3.48.